The molecule has 10 heteroatoms. The maximum atomic E-state index is 12.5. The maximum absolute atomic E-state index is 12.5. The summed E-state index contributed by atoms with van der Waals surface area (Å²) < 4.78 is 12.1. The minimum atomic E-state index is -0.798. The number of amides is 1. The van der Waals surface area contributed by atoms with E-state index in [4.69, 9.17) is 9.47 Å². The molecule has 0 aliphatic rings. The molecular formula is C21H25N3O7. The fourth-order valence-corrected chi connectivity index (χ4v) is 3.34. The second kappa shape index (κ2) is 10.5. The first-order valence-corrected chi connectivity index (χ1v) is 9.54. The molecule has 1 heterocycles. The molecule has 1 aromatic carbocycles. The number of ether oxygens (including phenoxy) is 2. The third-order valence-electron chi connectivity index (χ3n) is 4.71. The number of Topliss-reactive ketones (excluding diaryl/α,β-unsaturated/α-hetero) is 1. The number of aryl methyl sites for hydroxylation is 1. The van der Waals surface area contributed by atoms with Crippen molar-refractivity contribution in [1.29, 1.82) is 0 Å². The summed E-state index contributed by atoms with van der Waals surface area (Å²) in [4.78, 5) is 46.7. The van der Waals surface area contributed by atoms with E-state index in [0.717, 1.165) is 17.5 Å². The lowest BCUT2D eigenvalue weighted by Crippen LogP contribution is -2.31. The summed E-state index contributed by atoms with van der Waals surface area (Å²) in [5, 5.41) is 13.1. The first kappa shape index (κ1) is 23.7. The van der Waals surface area contributed by atoms with Gasteiger partial charge < -0.3 is 19.4 Å². The van der Waals surface area contributed by atoms with Crippen molar-refractivity contribution in [2.75, 3.05) is 26.9 Å². The van der Waals surface area contributed by atoms with Crippen LogP contribution < -0.4 is 5.32 Å². The monoisotopic (exact) mass is 431 g/mol. The fourth-order valence-electron chi connectivity index (χ4n) is 3.34. The number of rotatable bonds is 10. The van der Waals surface area contributed by atoms with Gasteiger partial charge in [0.2, 0.25) is 5.78 Å². The van der Waals surface area contributed by atoms with Crippen molar-refractivity contribution >= 4 is 23.3 Å². The second-order valence-corrected chi connectivity index (χ2v) is 7.03. The van der Waals surface area contributed by atoms with Crippen LogP contribution in [-0.2, 0) is 14.3 Å². The van der Waals surface area contributed by atoms with Crippen LogP contribution in [0.25, 0.3) is 0 Å². The molecule has 1 atom stereocenters. The number of carbonyl (C=O) groups excluding carboxylic acids is 3. The molecule has 10 nitrogen and oxygen atoms in total. The summed E-state index contributed by atoms with van der Waals surface area (Å²) in [6.07, 6.45) is 0. The van der Waals surface area contributed by atoms with Gasteiger partial charge in [-0.2, -0.15) is 0 Å². The highest BCUT2D eigenvalue weighted by Crippen LogP contribution is 2.21. The van der Waals surface area contributed by atoms with Gasteiger partial charge in [0.05, 0.1) is 17.6 Å². The van der Waals surface area contributed by atoms with Crippen LogP contribution in [0.15, 0.2) is 30.3 Å². The molecule has 0 saturated heterocycles. The Morgan fingerprint density at radius 2 is 1.94 bits per heavy atom. The zero-order chi connectivity index (χ0) is 23.1. The van der Waals surface area contributed by atoms with Gasteiger partial charge in [0, 0.05) is 41.8 Å². The molecule has 0 aliphatic heterocycles. The normalized spacial score (nSPS) is 11.6. The number of non-ortho nitro benzene ring substituents is 1. The first-order valence-electron chi connectivity index (χ1n) is 9.54. The molecule has 0 bridgehead atoms. The van der Waals surface area contributed by atoms with Crippen LogP contribution in [-0.4, -0.2) is 54.0 Å². The highest BCUT2D eigenvalue weighted by molar-refractivity contribution is 6.00. The molecule has 31 heavy (non-hydrogen) atoms. The van der Waals surface area contributed by atoms with Crippen LogP contribution in [0.3, 0.4) is 0 Å². The lowest BCUT2D eigenvalue weighted by molar-refractivity contribution is -0.384. The average Bonchev–Trinajstić information content (AvgIpc) is 3.04. The Kier molecular flexibility index (Phi) is 8.03. The van der Waals surface area contributed by atoms with E-state index in [0.29, 0.717) is 12.2 Å². The van der Waals surface area contributed by atoms with Gasteiger partial charge in [-0.25, -0.2) is 0 Å². The predicted octanol–water partition coefficient (Wildman–Crippen LogP) is 2.38. The average molecular weight is 431 g/mol. The second-order valence-electron chi connectivity index (χ2n) is 7.03. The molecule has 2 aromatic rings. The standard InChI is InChI=1S/C21H25N3O7/c1-13-8-18(15(3)23(13)14(2)11-30-4)19(25)12-31-20(26)10-22-21(27)16-6-5-7-17(9-16)24(28)29/h5-9,14H,10-12H2,1-4H3,(H,22,27). The highest BCUT2D eigenvalue weighted by Gasteiger charge is 2.20. The van der Waals surface area contributed by atoms with Crippen LogP contribution >= 0.6 is 0 Å². The number of ketones is 1. The van der Waals surface area contributed by atoms with E-state index in [1.54, 1.807) is 13.2 Å². The van der Waals surface area contributed by atoms with Crippen molar-refractivity contribution in [1.82, 2.24) is 9.88 Å². The third kappa shape index (κ3) is 5.98. The zero-order valence-electron chi connectivity index (χ0n) is 17.8. The Balaban J connectivity index is 1.91. The van der Waals surface area contributed by atoms with Crippen molar-refractivity contribution in [3.8, 4) is 0 Å². The van der Waals surface area contributed by atoms with Crippen LogP contribution in [0, 0.1) is 24.0 Å². The van der Waals surface area contributed by atoms with Crippen molar-refractivity contribution in [3.05, 3.63) is 63.0 Å². The predicted molar refractivity (Wildman–Crippen MR) is 111 cm³/mol. The van der Waals surface area contributed by atoms with Crippen LogP contribution in [0.5, 0.6) is 0 Å². The molecule has 0 fully saturated rings. The molecule has 0 aliphatic carbocycles. The lowest BCUT2D eigenvalue weighted by atomic mass is 10.1. The molecule has 166 valence electrons. The Labute approximate surface area is 179 Å². The molecule has 0 radical (unpaired) electrons. The van der Waals surface area contributed by atoms with Crippen molar-refractivity contribution in [2.24, 2.45) is 0 Å². The van der Waals surface area contributed by atoms with Gasteiger partial charge in [0.1, 0.15) is 6.54 Å². The van der Waals surface area contributed by atoms with Gasteiger partial charge in [0.15, 0.2) is 6.61 Å². The van der Waals surface area contributed by atoms with Gasteiger partial charge in [0.25, 0.3) is 11.6 Å². The number of esters is 1. The molecule has 1 N–H and O–H groups in total. The summed E-state index contributed by atoms with van der Waals surface area (Å²) in [6.45, 7) is 5.22. The molecule has 1 aromatic heterocycles. The van der Waals surface area contributed by atoms with Crippen molar-refractivity contribution in [3.63, 3.8) is 0 Å². The van der Waals surface area contributed by atoms with Gasteiger partial charge in [-0.05, 0) is 32.9 Å². The third-order valence-corrected chi connectivity index (χ3v) is 4.71. The number of hydrogen-bond acceptors (Lipinski definition) is 7. The van der Waals surface area contributed by atoms with E-state index in [1.165, 1.54) is 18.2 Å². The molecule has 1 amide bonds. The molecule has 2 rings (SSSR count). The van der Waals surface area contributed by atoms with Gasteiger partial charge in [-0.15, -0.1) is 0 Å². The molecular weight excluding hydrogens is 406 g/mol. The quantitative estimate of drug-likeness (QED) is 0.264. The Morgan fingerprint density at radius 3 is 2.58 bits per heavy atom. The van der Waals surface area contributed by atoms with Crippen LogP contribution in [0.1, 0.15) is 45.1 Å². The zero-order valence-corrected chi connectivity index (χ0v) is 17.8. The Bertz CT molecular complexity index is 997. The van der Waals surface area contributed by atoms with Gasteiger partial charge >= 0.3 is 5.97 Å². The smallest absolute Gasteiger partial charge is 0.325 e. The number of nitrogens with one attached hydrogen (secondary N) is 1. The number of nitro benzene ring substituents is 1. The van der Waals surface area contributed by atoms with E-state index in [1.807, 2.05) is 25.3 Å². The SMILES string of the molecule is COCC(C)n1c(C)cc(C(=O)COC(=O)CNC(=O)c2cccc([N+](=O)[O-])c2)c1C. The van der Waals surface area contributed by atoms with E-state index >= 15 is 0 Å². The number of nitrogens with zero attached hydrogens (tertiary/aromatic N) is 2. The number of aromatic nitrogens is 1. The maximum Gasteiger partial charge on any atom is 0.325 e. The minimum Gasteiger partial charge on any atom is -0.456 e. The number of nitro groups is 1. The van der Waals surface area contributed by atoms with E-state index in [2.05, 4.69) is 5.32 Å². The number of carbonyl (C=O) groups is 3. The number of hydrogen-bond donors (Lipinski definition) is 1. The Morgan fingerprint density at radius 1 is 1.23 bits per heavy atom. The van der Waals surface area contributed by atoms with Crippen LogP contribution in [0.2, 0.25) is 0 Å². The summed E-state index contributed by atoms with van der Waals surface area (Å²) >= 11 is 0. The Hall–Kier alpha value is -3.53. The molecule has 0 saturated carbocycles. The van der Waals surface area contributed by atoms with E-state index < -0.39 is 30.0 Å². The topological polar surface area (TPSA) is 130 Å². The van der Waals surface area contributed by atoms with E-state index in [9.17, 15) is 24.5 Å². The highest BCUT2D eigenvalue weighted by atomic mass is 16.6. The largest absolute Gasteiger partial charge is 0.456 e. The lowest BCUT2D eigenvalue weighted by Gasteiger charge is -2.17. The summed E-state index contributed by atoms with van der Waals surface area (Å²) in [5.74, 6) is -1.82. The summed E-state index contributed by atoms with van der Waals surface area (Å²) in [6, 6.07) is 6.89. The van der Waals surface area contributed by atoms with E-state index in [-0.39, 0.29) is 23.1 Å². The summed E-state index contributed by atoms with van der Waals surface area (Å²) in [7, 11) is 1.61. The molecule has 0 spiro atoms. The number of benzene rings is 1. The van der Waals surface area contributed by atoms with Crippen LogP contribution in [0.4, 0.5) is 5.69 Å². The van der Waals surface area contributed by atoms with Gasteiger partial charge in [-0.3, -0.25) is 24.5 Å². The van der Waals surface area contributed by atoms with Crippen molar-refractivity contribution < 1.29 is 28.8 Å². The molecule has 1 unspecified atom stereocenters. The fraction of sp³-hybridized carbons (Fsp3) is 0.381. The van der Waals surface area contributed by atoms with Crippen molar-refractivity contribution in [2.45, 2.75) is 26.8 Å². The summed E-state index contributed by atoms with van der Waals surface area (Å²) in [5.41, 5.74) is 1.89. The first-order chi connectivity index (χ1) is 14.6. The minimum absolute atomic E-state index is 0.0377. The number of methoxy groups -OCH3 is 1. The van der Waals surface area contributed by atoms with Gasteiger partial charge in [-0.1, -0.05) is 6.07 Å².